The smallest absolute Gasteiger partial charge is 0.449 e. The monoisotopic (exact) mass is 337 g/mol. The van der Waals surface area contributed by atoms with Gasteiger partial charge in [0.1, 0.15) is 0 Å². The Morgan fingerprint density at radius 2 is 2.09 bits per heavy atom. The van der Waals surface area contributed by atoms with Crippen LogP contribution in [0.3, 0.4) is 0 Å². The molecule has 23 heavy (non-hydrogen) atoms. The van der Waals surface area contributed by atoms with E-state index in [4.69, 9.17) is 10.6 Å². The van der Waals surface area contributed by atoms with E-state index in [9.17, 15) is 22.8 Å². The predicted molar refractivity (Wildman–Crippen MR) is 77.8 cm³/mol. The number of amides is 1. The minimum Gasteiger partial charge on any atom is -0.449 e. The quantitative estimate of drug-likeness (QED) is 0.361. The normalized spacial score (nSPS) is 21.4. The number of halogens is 3. The third-order valence-corrected chi connectivity index (χ3v) is 3.58. The van der Waals surface area contributed by atoms with Crippen molar-refractivity contribution in [3.8, 4) is 0 Å². The van der Waals surface area contributed by atoms with Crippen LogP contribution in [0, 0.1) is 11.3 Å². The molecule has 6 nitrogen and oxygen atoms in total. The van der Waals surface area contributed by atoms with Crippen LogP contribution in [0.2, 0.25) is 0 Å². The molecule has 1 fully saturated rings. The zero-order chi connectivity index (χ0) is 17.7. The molecule has 0 radical (unpaired) electrons. The maximum Gasteiger partial charge on any atom is 0.450 e. The molecule has 0 aromatic rings. The Morgan fingerprint density at radius 3 is 2.65 bits per heavy atom. The molecule has 0 aromatic heterocycles. The second kappa shape index (κ2) is 7.65. The molecule has 1 heterocycles. The first-order chi connectivity index (χ1) is 10.6. The van der Waals surface area contributed by atoms with Gasteiger partial charge < -0.3 is 15.5 Å². The van der Waals surface area contributed by atoms with Crippen LogP contribution in [0.15, 0.2) is 5.10 Å². The van der Waals surface area contributed by atoms with Crippen molar-refractivity contribution in [2.45, 2.75) is 39.3 Å². The topological polar surface area (TPSA) is 85.0 Å². The first-order valence-corrected chi connectivity index (χ1v) is 7.31. The summed E-state index contributed by atoms with van der Waals surface area (Å²) in [6.45, 7) is 3.53. The highest BCUT2D eigenvalue weighted by Gasteiger charge is 2.48. The zero-order valence-electron chi connectivity index (χ0n) is 13.2. The molecule has 1 rings (SSSR count). The summed E-state index contributed by atoms with van der Waals surface area (Å²) in [7, 11) is 0. The minimum absolute atomic E-state index is 0.0854. The second-order valence-electron chi connectivity index (χ2n) is 6.40. The van der Waals surface area contributed by atoms with Crippen LogP contribution < -0.4 is 5.84 Å². The number of Topliss-reactive ketones (excluding diaryl/α,β-unsaturated/α-hetero) is 1. The van der Waals surface area contributed by atoms with E-state index in [-0.39, 0.29) is 26.1 Å². The van der Waals surface area contributed by atoms with Crippen molar-refractivity contribution in [1.82, 2.24) is 4.90 Å². The lowest BCUT2D eigenvalue weighted by Crippen LogP contribution is -2.51. The van der Waals surface area contributed by atoms with E-state index in [1.165, 1.54) is 11.1 Å². The number of likely N-dealkylation sites (tertiary alicyclic amines) is 1. The third-order valence-electron chi connectivity index (χ3n) is 3.58. The molecule has 132 valence electrons. The number of hydrogen-bond acceptors (Lipinski definition) is 5. The molecular formula is C14H22F3N3O3. The molecule has 1 atom stereocenters. The van der Waals surface area contributed by atoms with E-state index in [1.807, 2.05) is 0 Å². The van der Waals surface area contributed by atoms with Crippen molar-refractivity contribution < 1.29 is 27.5 Å². The van der Waals surface area contributed by atoms with Gasteiger partial charge in [0.05, 0.1) is 6.61 Å². The van der Waals surface area contributed by atoms with E-state index in [2.05, 4.69) is 5.10 Å². The molecule has 1 aliphatic heterocycles. The van der Waals surface area contributed by atoms with E-state index in [1.54, 1.807) is 13.8 Å². The van der Waals surface area contributed by atoms with Gasteiger partial charge in [-0.05, 0) is 24.7 Å². The Bertz CT molecular complexity index is 464. The molecule has 1 aliphatic rings. The highest BCUT2D eigenvalue weighted by Crippen LogP contribution is 2.36. The number of ketones is 1. The van der Waals surface area contributed by atoms with Gasteiger partial charge in [0.15, 0.2) is 0 Å². The Balaban J connectivity index is 2.64. The van der Waals surface area contributed by atoms with E-state index < -0.39 is 29.4 Å². The second-order valence-corrected chi connectivity index (χ2v) is 6.40. The Kier molecular flexibility index (Phi) is 6.40. The number of unbranched alkanes of at least 4 members (excludes halogenated alkanes) is 1. The number of hydrazone groups is 1. The Morgan fingerprint density at radius 1 is 1.43 bits per heavy atom. The number of carbonyl (C=O) groups is 2. The highest BCUT2D eigenvalue weighted by atomic mass is 19.4. The van der Waals surface area contributed by atoms with Crippen molar-refractivity contribution in [2.24, 2.45) is 22.3 Å². The standard InChI is InChI=1S/C14H22F3N3O3/c1-13(2)7-10(11(21)14(15,16)17)8-20(9-13)12(22)23-6-4-3-5-19-18/h5,10H,3-4,6-9,18H2,1-2H3. The van der Waals surface area contributed by atoms with Crippen LogP contribution in [0.5, 0.6) is 0 Å². The summed E-state index contributed by atoms with van der Waals surface area (Å²) < 4.78 is 42.9. The number of nitrogens with two attached hydrogens (primary N) is 1. The molecule has 1 unspecified atom stereocenters. The van der Waals surface area contributed by atoms with Crippen LogP contribution in [0.1, 0.15) is 33.1 Å². The fourth-order valence-electron chi connectivity index (χ4n) is 2.69. The first kappa shape index (κ1) is 19.2. The summed E-state index contributed by atoms with van der Waals surface area (Å²) >= 11 is 0. The van der Waals surface area contributed by atoms with Crippen LogP contribution in [0.4, 0.5) is 18.0 Å². The van der Waals surface area contributed by atoms with Crippen molar-refractivity contribution in [1.29, 1.82) is 0 Å². The number of rotatable bonds is 5. The average Bonchev–Trinajstić information content (AvgIpc) is 2.43. The van der Waals surface area contributed by atoms with Crippen molar-refractivity contribution in [2.75, 3.05) is 19.7 Å². The zero-order valence-corrected chi connectivity index (χ0v) is 13.2. The van der Waals surface area contributed by atoms with E-state index >= 15 is 0 Å². The molecule has 1 amide bonds. The van der Waals surface area contributed by atoms with E-state index in [0.717, 1.165) is 0 Å². The van der Waals surface area contributed by atoms with E-state index in [0.29, 0.717) is 12.8 Å². The van der Waals surface area contributed by atoms with Crippen molar-refractivity contribution in [3.63, 3.8) is 0 Å². The molecule has 1 saturated heterocycles. The van der Waals surface area contributed by atoms with Gasteiger partial charge in [-0.2, -0.15) is 18.3 Å². The summed E-state index contributed by atoms with van der Waals surface area (Å²) in [6, 6.07) is 0. The summed E-state index contributed by atoms with van der Waals surface area (Å²) in [5, 5.41) is 3.29. The van der Waals surface area contributed by atoms with Crippen LogP contribution in [0.25, 0.3) is 0 Å². The Labute approximate surface area is 132 Å². The summed E-state index contributed by atoms with van der Waals surface area (Å²) in [5.41, 5.74) is -0.588. The largest absolute Gasteiger partial charge is 0.450 e. The fraction of sp³-hybridized carbons (Fsp3) is 0.786. The number of alkyl halides is 3. The third kappa shape index (κ3) is 6.07. The number of piperidine rings is 1. The molecule has 0 aromatic carbocycles. The van der Waals surface area contributed by atoms with Gasteiger partial charge in [-0.3, -0.25) is 4.79 Å². The fourth-order valence-corrected chi connectivity index (χ4v) is 2.69. The molecule has 0 bridgehead atoms. The number of nitrogens with zero attached hydrogens (tertiary/aromatic N) is 2. The van der Waals surface area contributed by atoms with Gasteiger partial charge in [0.2, 0.25) is 5.78 Å². The van der Waals surface area contributed by atoms with Gasteiger partial charge in [0, 0.05) is 25.2 Å². The average molecular weight is 337 g/mol. The van der Waals surface area contributed by atoms with Gasteiger partial charge in [-0.25, -0.2) is 4.79 Å². The maximum atomic E-state index is 12.6. The van der Waals surface area contributed by atoms with Gasteiger partial charge in [-0.15, -0.1) is 0 Å². The van der Waals surface area contributed by atoms with Crippen molar-refractivity contribution in [3.05, 3.63) is 0 Å². The molecule has 2 N–H and O–H groups in total. The van der Waals surface area contributed by atoms with Gasteiger partial charge in [0.25, 0.3) is 0 Å². The first-order valence-electron chi connectivity index (χ1n) is 7.31. The van der Waals surface area contributed by atoms with Gasteiger partial charge in [-0.1, -0.05) is 13.8 Å². The minimum atomic E-state index is -4.89. The van der Waals surface area contributed by atoms with Crippen LogP contribution >= 0.6 is 0 Å². The lowest BCUT2D eigenvalue weighted by molar-refractivity contribution is -0.178. The molecule has 9 heteroatoms. The number of carbonyl (C=O) groups excluding carboxylic acids is 2. The summed E-state index contributed by atoms with van der Waals surface area (Å²) in [6.07, 6.45) is -3.01. The van der Waals surface area contributed by atoms with Crippen LogP contribution in [-0.2, 0) is 9.53 Å². The lowest BCUT2D eigenvalue weighted by Gasteiger charge is -2.41. The lowest BCUT2D eigenvalue weighted by atomic mass is 9.77. The molecular weight excluding hydrogens is 315 g/mol. The SMILES string of the molecule is CC1(C)CC(C(=O)C(F)(F)F)CN(C(=O)OCCCC=NN)C1. The van der Waals surface area contributed by atoms with Crippen LogP contribution in [-0.4, -0.2) is 48.9 Å². The highest BCUT2D eigenvalue weighted by molar-refractivity contribution is 5.87. The number of hydrogen-bond donors (Lipinski definition) is 1. The van der Waals surface area contributed by atoms with Crippen molar-refractivity contribution >= 4 is 18.1 Å². The van der Waals surface area contributed by atoms with Gasteiger partial charge >= 0.3 is 12.3 Å². The predicted octanol–water partition coefficient (Wildman–Crippen LogP) is 2.33. The maximum absolute atomic E-state index is 12.6. The summed E-state index contributed by atoms with van der Waals surface area (Å²) in [5.74, 6) is 1.88. The number of ether oxygens (including phenoxy) is 1. The molecule has 0 saturated carbocycles. The summed E-state index contributed by atoms with van der Waals surface area (Å²) in [4.78, 5) is 24.6. The molecule has 0 aliphatic carbocycles. The molecule has 0 spiro atoms. The Hall–Kier alpha value is -1.80.